The van der Waals surface area contributed by atoms with Crippen LogP contribution in [0.4, 0.5) is 0 Å². The van der Waals surface area contributed by atoms with E-state index in [2.05, 4.69) is 15.4 Å². The van der Waals surface area contributed by atoms with Crippen LogP contribution in [-0.4, -0.2) is 57.2 Å². The predicted octanol–water partition coefficient (Wildman–Crippen LogP) is -0.136. The normalized spacial score (nSPS) is 20.2. The third kappa shape index (κ3) is 2.76. The van der Waals surface area contributed by atoms with Gasteiger partial charge in [-0.05, 0) is 25.5 Å². The quantitative estimate of drug-likeness (QED) is 0.816. The van der Waals surface area contributed by atoms with Gasteiger partial charge in [0.05, 0.1) is 17.5 Å². The molecule has 0 aliphatic carbocycles. The minimum atomic E-state index is -0.546. The molecule has 0 bridgehead atoms. The van der Waals surface area contributed by atoms with Crippen LogP contribution in [0.25, 0.3) is 5.82 Å². The Kier molecular flexibility index (Phi) is 4.30. The minimum absolute atomic E-state index is 0.203. The van der Waals surface area contributed by atoms with Gasteiger partial charge in [0.25, 0.3) is 5.91 Å². The number of likely N-dealkylation sites (N-methyl/N-ethyl adjacent to an activating group) is 1. The second-order valence-corrected chi connectivity index (χ2v) is 5.83. The summed E-state index contributed by atoms with van der Waals surface area (Å²) >= 11 is 0. The van der Waals surface area contributed by atoms with Crippen molar-refractivity contribution < 1.29 is 9.59 Å². The molecule has 1 fully saturated rings. The summed E-state index contributed by atoms with van der Waals surface area (Å²) in [6, 6.07) is 4.73. The van der Waals surface area contributed by atoms with Gasteiger partial charge in [-0.15, -0.1) is 0 Å². The van der Waals surface area contributed by atoms with Gasteiger partial charge in [-0.2, -0.15) is 5.10 Å². The Labute approximate surface area is 139 Å². The molecular formula is C16H20N6O2. The maximum atomic E-state index is 12.9. The molecule has 24 heavy (non-hydrogen) atoms. The van der Waals surface area contributed by atoms with Crippen LogP contribution in [0.15, 0.2) is 30.6 Å². The highest BCUT2D eigenvalue weighted by Crippen LogP contribution is 2.22. The van der Waals surface area contributed by atoms with Gasteiger partial charge in [0.15, 0.2) is 5.82 Å². The average molecular weight is 328 g/mol. The van der Waals surface area contributed by atoms with Crippen molar-refractivity contribution in [2.24, 2.45) is 5.73 Å². The van der Waals surface area contributed by atoms with Gasteiger partial charge in [-0.1, -0.05) is 6.07 Å². The molecule has 3 heterocycles. The van der Waals surface area contributed by atoms with Crippen molar-refractivity contribution in [3.05, 3.63) is 41.9 Å². The summed E-state index contributed by atoms with van der Waals surface area (Å²) in [6.07, 6.45) is 3.63. The van der Waals surface area contributed by atoms with Crippen molar-refractivity contribution in [3.63, 3.8) is 0 Å². The summed E-state index contributed by atoms with van der Waals surface area (Å²) < 4.78 is 1.61. The Morgan fingerprint density at radius 1 is 1.38 bits per heavy atom. The molecule has 2 atom stereocenters. The van der Waals surface area contributed by atoms with E-state index < -0.39 is 6.04 Å². The Bertz CT molecular complexity index is 757. The molecule has 2 amide bonds. The minimum Gasteiger partial charge on any atom is -0.357 e. The van der Waals surface area contributed by atoms with Crippen LogP contribution in [0.5, 0.6) is 0 Å². The number of pyridine rings is 1. The lowest BCUT2D eigenvalue weighted by molar-refractivity contribution is -0.124. The smallest absolute Gasteiger partial charge is 0.258 e. The van der Waals surface area contributed by atoms with Gasteiger partial charge in [0.1, 0.15) is 6.04 Å². The van der Waals surface area contributed by atoms with Crippen molar-refractivity contribution in [1.29, 1.82) is 0 Å². The summed E-state index contributed by atoms with van der Waals surface area (Å²) in [6.45, 7) is 2.16. The predicted molar refractivity (Wildman–Crippen MR) is 87.6 cm³/mol. The van der Waals surface area contributed by atoms with Crippen LogP contribution in [0.3, 0.4) is 0 Å². The fraction of sp³-hybridized carbons (Fsp3) is 0.375. The fourth-order valence-corrected chi connectivity index (χ4v) is 2.99. The Hall–Kier alpha value is -2.74. The van der Waals surface area contributed by atoms with Crippen molar-refractivity contribution in [2.45, 2.75) is 25.4 Å². The lowest BCUT2D eigenvalue weighted by Crippen LogP contribution is -2.45. The molecule has 1 aliphatic heterocycles. The highest BCUT2D eigenvalue weighted by molar-refractivity contribution is 5.98. The number of carbonyl (C=O) groups excluding carboxylic acids is 2. The SMILES string of the molecule is CNC(=O)[C@@H]1C[C@H](N)CN1C(=O)c1cnn(-c2ccccn2)c1C. The number of nitrogens with one attached hydrogen (secondary N) is 1. The van der Waals surface area contributed by atoms with Crippen LogP contribution < -0.4 is 11.1 Å². The third-order valence-corrected chi connectivity index (χ3v) is 4.25. The summed E-state index contributed by atoms with van der Waals surface area (Å²) in [5.41, 5.74) is 7.08. The van der Waals surface area contributed by atoms with E-state index in [0.717, 1.165) is 0 Å². The molecular weight excluding hydrogens is 308 g/mol. The zero-order valence-corrected chi connectivity index (χ0v) is 13.6. The van der Waals surface area contributed by atoms with E-state index in [1.165, 1.54) is 11.1 Å². The first-order valence-corrected chi connectivity index (χ1v) is 7.77. The number of hydrogen-bond donors (Lipinski definition) is 2. The largest absolute Gasteiger partial charge is 0.357 e. The summed E-state index contributed by atoms with van der Waals surface area (Å²) in [4.78, 5) is 30.7. The van der Waals surface area contributed by atoms with Gasteiger partial charge in [-0.25, -0.2) is 9.67 Å². The Balaban J connectivity index is 1.91. The molecule has 2 aromatic heterocycles. The first-order chi connectivity index (χ1) is 11.5. The second kappa shape index (κ2) is 6.40. The van der Waals surface area contributed by atoms with Gasteiger partial charge in [0, 0.05) is 25.8 Å². The standard InChI is InChI=1S/C16H20N6O2/c1-10-12(8-20-22(10)14-5-3-4-6-19-14)16(24)21-9-11(17)7-13(21)15(23)18-2/h3-6,8,11,13H,7,9,17H2,1-2H3,(H,18,23)/t11-,13-/m0/s1. The molecule has 1 saturated heterocycles. The van der Waals surface area contributed by atoms with Gasteiger partial charge in [-0.3, -0.25) is 9.59 Å². The Morgan fingerprint density at radius 2 is 2.17 bits per heavy atom. The number of aromatic nitrogens is 3. The van der Waals surface area contributed by atoms with E-state index in [-0.39, 0.29) is 17.9 Å². The number of nitrogens with zero attached hydrogens (tertiary/aromatic N) is 4. The van der Waals surface area contributed by atoms with Gasteiger partial charge < -0.3 is 16.0 Å². The maximum Gasteiger partial charge on any atom is 0.258 e. The fourth-order valence-electron chi connectivity index (χ4n) is 2.99. The van der Waals surface area contributed by atoms with Crippen molar-refractivity contribution >= 4 is 11.8 Å². The molecule has 0 unspecified atom stereocenters. The first kappa shape index (κ1) is 16.1. The number of likely N-dealkylation sites (tertiary alicyclic amines) is 1. The van der Waals surface area contributed by atoms with E-state index in [0.29, 0.717) is 30.0 Å². The zero-order chi connectivity index (χ0) is 17.3. The van der Waals surface area contributed by atoms with Gasteiger partial charge >= 0.3 is 0 Å². The third-order valence-electron chi connectivity index (χ3n) is 4.25. The van der Waals surface area contributed by atoms with Crippen LogP contribution in [-0.2, 0) is 4.79 Å². The molecule has 1 aliphatic rings. The molecule has 2 aromatic rings. The first-order valence-electron chi connectivity index (χ1n) is 7.77. The van der Waals surface area contributed by atoms with E-state index in [9.17, 15) is 9.59 Å². The highest BCUT2D eigenvalue weighted by atomic mass is 16.2. The number of rotatable bonds is 3. The molecule has 126 valence electrons. The van der Waals surface area contributed by atoms with E-state index >= 15 is 0 Å². The van der Waals surface area contributed by atoms with Crippen molar-refractivity contribution in [1.82, 2.24) is 25.0 Å². The zero-order valence-electron chi connectivity index (χ0n) is 13.6. The molecule has 0 saturated carbocycles. The second-order valence-electron chi connectivity index (χ2n) is 5.83. The maximum absolute atomic E-state index is 12.9. The van der Waals surface area contributed by atoms with Crippen molar-refractivity contribution in [2.75, 3.05) is 13.6 Å². The number of carbonyl (C=O) groups is 2. The van der Waals surface area contributed by atoms with Crippen LogP contribution in [0, 0.1) is 6.92 Å². The topological polar surface area (TPSA) is 106 Å². The lowest BCUT2D eigenvalue weighted by atomic mass is 10.1. The molecule has 3 rings (SSSR count). The summed E-state index contributed by atoms with van der Waals surface area (Å²) in [5, 5.41) is 6.85. The summed E-state index contributed by atoms with van der Waals surface area (Å²) in [5.74, 6) is 0.192. The number of hydrogen-bond acceptors (Lipinski definition) is 5. The Morgan fingerprint density at radius 3 is 2.83 bits per heavy atom. The van der Waals surface area contributed by atoms with Gasteiger partial charge in [0.2, 0.25) is 5.91 Å². The molecule has 0 radical (unpaired) electrons. The monoisotopic (exact) mass is 328 g/mol. The van der Waals surface area contributed by atoms with Crippen LogP contribution >= 0.6 is 0 Å². The van der Waals surface area contributed by atoms with Crippen LogP contribution in [0.1, 0.15) is 22.5 Å². The lowest BCUT2D eigenvalue weighted by Gasteiger charge is -2.23. The molecule has 3 N–H and O–H groups in total. The number of nitrogens with two attached hydrogens (primary N) is 1. The van der Waals surface area contributed by atoms with E-state index in [1.807, 2.05) is 18.2 Å². The summed E-state index contributed by atoms with van der Waals surface area (Å²) in [7, 11) is 1.55. The van der Waals surface area contributed by atoms with Crippen LogP contribution in [0.2, 0.25) is 0 Å². The number of amides is 2. The van der Waals surface area contributed by atoms with Crippen molar-refractivity contribution in [3.8, 4) is 5.82 Å². The molecule has 0 aromatic carbocycles. The molecule has 8 heteroatoms. The molecule has 0 spiro atoms. The average Bonchev–Trinajstić information content (AvgIpc) is 3.17. The van der Waals surface area contributed by atoms with E-state index in [4.69, 9.17) is 5.73 Å². The molecule has 8 nitrogen and oxygen atoms in total. The highest BCUT2D eigenvalue weighted by Gasteiger charge is 2.39. The van der Waals surface area contributed by atoms with E-state index in [1.54, 1.807) is 24.9 Å².